The molecule has 1 atom stereocenters. The molecule has 0 saturated carbocycles. The SMILES string of the molecule is CC(C)(C)OC(=O)[C@H]1CCCN1C(=O)c1cccc(=O)[nH]1. The molecule has 1 aliphatic heterocycles. The Morgan fingerprint density at radius 2 is 2.05 bits per heavy atom. The molecule has 0 aromatic carbocycles. The van der Waals surface area contributed by atoms with E-state index in [-0.39, 0.29) is 17.2 Å². The topological polar surface area (TPSA) is 79.5 Å². The van der Waals surface area contributed by atoms with Crippen LogP contribution in [0.25, 0.3) is 0 Å². The molecular weight excluding hydrogens is 272 g/mol. The molecule has 1 aliphatic rings. The van der Waals surface area contributed by atoms with Crippen molar-refractivity contribution in [1.82, 2.24) is 9.88 Å². The summed E-state index contributed by atoms with van der Waals surface area (Å²) in [5.74, 6) is -0.743. The number of carbonyl (C=O) groups excluding carboxylic acids is 2. The van der Waals surface area contributed by atoms with Crippen molar-refractivity contribution in [2.75, 3.05) is 6.54 Å². The maximum Gasteiger partial charge on any atom is 0.329 e. The molecule has 1 N–H and O–H groups in total. The van der Waals surface area contributed by atoms with Crippen LogP contribution in [0, 0.1) is 0 Å². The lowest BCUT2D eigenvalue weighted by atomic mass is 10.1. The Morgan fingerprint density at radius 3 is 2.67 bits per heavy atom. The van der Waals surface area contributed by atoms with Gasteiger partial charge in [0.1, 0.15) is 17.3 Å². The number of aromatic amines is 1. The van der Waals surface area contributed by atoms with Crippen LogP contribution in [-0.4, -0.2) is 39.9 Å². The summed E-state index contributed by atoms with van der Waals surface area (Å²) in [6.45, 7) is 5.86. The molecule has 2 heterocycles. The Balaban J connectivity index is 2.17. The van der Waals surface area contributed by atoms with Gasteiger partial charge in [0.2, 0.25) is 5.56 Å². The molecule has 1 aromatic rings. The lowest BCUT2D eigenvalue weighted by Crippen LogP contribution is -2.44. The smallest absolute Gasteiger partial charge is 0.329 e. The van der Waals surface area contributed by atoms with Gasteiger partial charge in [0, 0.05) is 12.6 Å². The Labute approximate surface area is 123 Å². The van der Waals surface area contributed by atoms with Crippen molar-refractivity contribution in [1.29, 1.82) is 0 Å². The first-order chi connectivity index (χ1) is 9.78. The largest absolute Gasteiger partial charge is 0.458 e. The van der Waals surface area contributed by atoms with Gasteiger partial charge in [-0.2, -0.15) is 0 Å². The molecule has 114 valence electrons. The average Bonchev–Trinajstić information content (AvgIpc) is 2.85. The van der Waals surface area contributed by atoms with Gasteiger partial charge < -0.3 is 14.6 Å². The summed E-state index contributed by atoms with van der Waals surface area (Å²) in [5, 5.41) is 0. The predicted octanol–water partition coefficient (Wildman–Crippen LogP) is 1.32. The minimum absolute atomic E-state index is 0.193. The molecule has 0 bridgehead atoms. The third-order valence-electron chi connectivity index (χ3n) is 3.19. The molecule has 0 spiro atoms. The van der Waals surface area contributed by atoms with E-state index < -0.39 is 17.6 Å². The number of aromatic nitrogens is 1. The van der Waals surface area contributed by atoms with Crippen molar-refractivity contribution in [2.24, 2.45) is 0 Å². The number of H-pyrrole nitrogens is 1. The van der Waals surface area contributed by atoms with E-state index in [1.54, 1.807) is 20.8 Å². The normalized spacial score (nSPS) is 18.6. The van der Waals surface area contributed by atoms with Crippen LogP contribution in [0.1, 0.15) is 44.1 Å². The van der Waals surface area contributed by atoms with Gasteiger partial charge in [-0.15, -0.1) is 0 Å². The van der Waals surface area contributed by atoms with Crippen molar-refractivity contribution >= 4 is 11.9 Å². The van der Waals surface area contributed by atoms with Crippen LogP contribution in [0.15, 0.2) is 23.0 Å². The molecule has 0 aliphatic carbocycles. The molecule has 1 saturated heterocycles. The van der Waals surface area contributed by atoms with E-state index >= 15 is 0 Å². The van der Waals surface area contributed by atoms with Crippen molar-refractivity contribution in [2.45, 2.75) is 45.3 Å². The fourth-order valence-electron chi connectivity index (χ4n) is 2.35. The second kappa shape index (κ2) is 5.71. The second-order valence-corrected chi connectivity index (χ2v) is 6.12. The number of nitrogens with one attached hydrogen (secondary N) is 1. The van der Waals surface area contributed by atoms with Crippen LogP contribution >= 0.6 is 0 Å². The Morgan fingerprint density at radius 1 is 1.33 bits per heavy atom. The van der Waals surface area contributed by atoms with E-state index in [0.717, 1.165) is 6.42 Å². The summed E-state index contributed by atoms with van der Waals surface area (Å²) in [5.41, 5.74) is -0.734. The first-order valence-electron chi connectivity index (χ1n) is 7.01. The highest BCUT2D eigenvalue weighted by Crippen LogP contribution is 2.22. The number of esters is 1. The van der Waals surface area contributed by atoms with Gasteiger partial charge in [0.05, 0.1) is 0 Å². The average molecular weight is 292 g/mol. The van der Waals surface area contributed by atoms with Crippen LogP contribution < -0.4 is 5.56 Å². The number of hydrogen-bond donors (Lipinski definition) is 1. The molecule has 6 nitrogen and oxygen atoms in total. The van der Waals surface area contributed by atoms with E-state index in [1.165, 1.54) is 23.1 Å². The van der Waals surface area contributed by atoms with Crippen molar-refractivity contribution in [3.63, 3.8) is 0 Å². The summed E-state index contributed by atoms with van der Waals surface area (Å²) in [7, 11) is 0. The molecule has 1 fully saturated rings. The van der Waals surface area contributed by atoms with Crippen LogP contribution in [0.5, 0.6) is 0 Å². The molecular formula is C15H20N2O4. The summed E-state index contributed by atoms with van der Waals surface area (Å²) in [6, 6.07) is 3.81. The van der Waals surface area contributed by atoms with Crippen molar-refractivity contribution < 1.29 is 14.3 Å². The quantitative estimate of drug-likeness (QED) is 0.834. The van der Waals surface area contributed by atoms with Gasteiger partial charge in [0.15, 0.2) is 0 Å². The fraction of sp³-hybridized carbons (Fsp3) is 0.533. The standard InChI is InChI=1S/C15H20N2O4/c1-15(2,3)21-14(20)11-7-5-9-17(11)13(19)10-6-4-8-12(18)16-10/h4,6,8,11H,5,7,9H2,1-3H3,(H,16,18)/t11-/m1/s1. The number of amides is 1. The molecule has 6 heteroatoms. The number of carbonyl (C=O) groups is 2. The van der Waals surface area contributed by atoms with Crippen molar-refractivity contribution in [3.05, 3.63) is 34.2 Å². The molecule has 1 amide bonds. The van der Waals surface area contributed by atoms with Gasteiger partial charge in [0.25, 0.3) is 5.91 Å². The van der Waals surface area contributed by atoms with Gasteiger partial charge in [-0.3, -0.25) is 9.59 Å². The highest BCUT2D eigenvalue weighted by atomic mass is 16.6. The van der Waals surface area contributed by atoms with Crippen LogP contribution in [0.2, 0.25) is 0 Å². The van der Waals surface area contributed by atoms with Crippen LogP contribution in [0.4, 0.5) is 0 Å². The summed E-state index contributed by atoms with van der Waals surface area (Å²) >= 11 is 0. The van der Waals surface area contributed by atoms with Crippen LogP contribution in [-0.2, 0) is 9.53 Å². The maximum atomic E-state index is 12.4. The Kier molecular flexibility index (Phi) is 4.16. The molecule has 0 unspecified atom stereocenters. The number of rotatable bonds is 2. The summed E-state index contributed by atoms with van der Waals surface area (Å²) < 4.78 is 5.36. The Bertz CT molecular complexity index is 600. The third-order valence-corrected chi connectivity index (χ3v) is 3.19. The third kappa shape index (κ3) is 3.71. The predicted molar refractivity (Wildman–Crippen MR) is 77.0 cm³/mol. The number of nitrogens with zero attached hydrogens (tertiary/aromatic N) is 1. The molecule has 0 radical (unpaired) electrons. The molecule has 1 aromatic heterocycles. The first kappa shape index (κ1) is 15.3. The summed E-state index contributed by atoms with van der Waals surface area (Å²) in [6.07, 6.45) is 1.32. The molecule has 2 rings (SSSR count). The van der Waals surface area contributed by atoms with E-state index in [4.69, 9.17) is 4.74 Å². The van der Waals surface area contributed by atoms with Gasteiger partial charge in [-0.1, -0.05) is 6.07 Å². The number of hydrogen-bond acceptors (Lipinski definition) is 4. The zero-order valence-corrected chi connectivity index (χ0v) is 12.5. The van der Waals surface area contributed by atoms with Crippen LogP contribution in [0.3, 0.4) is 0 Å². The van der Waals surface area contributed by atoms with Gasteiger partial charge in [-0.05, 0) is 39.7 Å². The minimum atomic E-state index is -0.588. The fourth-order valence-corrected chi connectivity index (χ4v) is 2.35. The van der Waals surface area contributed by atoms with E-state index in [9.17, 15) is 14.4 Å². The van der Waals surface area contributed by atoms with Crippen molar-refractivity contribution in [3.8, 4) is 0 Å². The second-order valence-electron chi connectivity index (χ2n) is 6.12. The monoisotopic (exact) mass is 292 g/mol. The minimum Gasteiger partial charge on any atom is -0.458 e. The lowest BCUT2D eigenvalue weighted by molar-refractivity contribution is -0.159. The maximum absolute atomic E-state index is 12.4. The molecule has 21 heavy (non-hydrogen) atoms. The van der Waals surface area contributed by atoms with E-state index in [0.29, 0.717) is 13.0 Å². The lowest BCUT2D eigenvalue weighted by Gasteiger charge is -2.27. The first-order valence-corrected chi connectivity index (χ1v) is 7.01. The highest BCUT2D eigenvalue weighted by molar-refractivity contribution is 5.95. The zero-order valence-electron chi connectivity index (χ0n) is 12.5. The highest BCUT2D eigenvalue weighted by Gasteiger charge is 2.37. The zero-order chi connectivity index (χ0) is 15.6. The Hall–Kier alpha value is -2.11. The summed E-state index contributed by atoms with van der Waals surface area (Å²) in [4.78, 5) is 39.9. The number of likely N-dealkylation sites (tertiary alicyclic amines) is 1. The number of pyridine rings is 1. The van der Waals surface area contributed by atoms with Gasteiger partial charge in [-0.25, -0.2) is 4.79 Å². The van der Waals surface area contributed by atoms with Gasteiger partial charge >= 0.3 is 5.97 Å². The van der Waals surface area contributed by atoms with E-state index in [2.05, 4.69) is 4.98 Å². The number of ether oxygens (including phenoxy) is 1. The van der Waals surface area contributed by atoms with E-state index in [1.807, 2.05) is 0 Å².